The van der Waals surface area contributed by atoms with Gasteiger partial charge in [-0.1, -0.05) is 12.1 Å². The first-order valence-corrected chi connectivity index (χ1v) is 10.6. The molecule has 1 N–H and O–H groups in total. The van der Waals surface area contributed by atoms with E-state index in [9.17, 15) is 9.59 Å². The zero-order valence-electron chi connectivity index (χ0n) is 14.5. The maximum atomic E-state index is 12.1. The van der Waals surface area contributed by atoms with E-state index in [0.29, 0.717) is 15.9 Å². The lowest BCUT2D eigenvalue weighted by atomic mass is 10.1. The van der Waals surface area contributed by atoms with Crippen molar-refractivity contribution in [1.82, 2.24) is 5.32 Å². The summed E-state index contributed by atoms with van der Waals surface area (Å²) in [6.07, 6.45) is 2.79. The molecule has 0 saturated carbocycles. The first-order chi connectivity index (χ1) is 12.6. The normalized spacial score (nSPS) is 16.0. The molecule has 0 unspecified atom stereocenters. The third-order valence-corrected chi connectivity index (χ3v) is 6.94. The molecule has 0 spiro atoms. The van der Waals surface area contributed by atoms with Crippen molar-refractivity contribution in [1.29, 1.82) is 0 Å². The molecule has 138 valence electrons. The van der Waals surface area contributed by atoms with Crippen molar-refractivity contribution >= 4 is 35.4 Å². The van der Waals surface area contributed by atoms with Crippen LogP contribution in [0.2, 0.25) is 0 Å². The minimum Gasteiger partial charge on any atom is -0.467 e. The van der Waals surface area contributed by atoms with Gasteiger partial charge in [-0.15, -0.1) is 23.5 Å². The number of benzene rings is 1. The highest BCUT2D eigenvalue weighted by atomic mass is 32.2. The summed E-state index contributed by atoms with van der Waals surface area (Å²) in [5.41, 5.74) is 1.66. The summed E-state index contributed by atoms with van der Waals surface area (Å²) < 4.78 is 10.8. The van der Waals surface area contributed by atoms with Crippen molar-refractivity contribution < 1.29 is 18.7 Å². The fraction of sp³-hybridized carbons (Fsp3) is 0.368. The predicted octanol–water partition coefficient (Wildman–Crippen LogP) is 4.18. The molecule has 1 aliphatic heterocycles. The molecule has 7 heteroatoms. The van der Waals surface area contributed by atoms with Crippen molar-refractivity contribution in [2.75, 3.05) is 18.1 Å². The molecule has 1 fully saturated rings. The smallest absolute Gasteiger partial charge is 0.338 e. The van der Waals surface area contributed by atoms with Crippen LogP contribution in [0.25, 0.3) is 0 Å². The highest BCUT2D eigenvalue weighted by Gasteiger charge is 2.18. The largest absolute Gasteiger partial charge is 0.467 e. The number of thioether (sulfide) groups is 2. The maximum Gasteiger partial charge on any atom is 0.338 e. The van der Waals surface area contributed by atoms with Gasteiger partial charge in [0.2, 0.25) is 0 Å². The summed E-state index contributed by atoms with van der Waals surface area (Å²) in [7, 11) is 0. The van der Waals surface area contributed by atoms with E-state index in [4.69, 9.17) is 9.15 Å². The number of hydrogen-bond acceptors (Lipinski definition) is 6. The van der Waals surface area contributed by atoms with Crippen LogP contribution < -0.4 is 5.32 Å². The highest BCUT2D eigenvalue weighted by molar-refractivity contribution is 8.16. The van der Waals surface area contributed by atoms with Gasteiger partial charge in [0.25, 0.3) is 5.91 Å². The minimum atomic E-state index is -0.499. The van der Waals surface area contributed by atoms with Crippen LogP contribution in [0.3, 0.4) is 0 Å². The zero-order valence-corrected chi connectivity index (χ0v) is 16.1. The van der Waals surface area contributed by atoms with Gasteiger partial charge in [0.05, 0.1) is 22.5 Å². The fourth-order valence-corrected chi connectivity index (χ4v) is 5.46. The first kappa shape index (κ1) is 18.9. The van der Waals surface area contributed by atoms with Gasteiger partial charge >= 0.3 is 5.97 Å². The number of esters is 1. The molecule has 1 aromatic heterocycles. The molecular formula is C19H21NO4S2. The van der Waals surface area contributed by atoms with Crippen LogP contribution in [-0.2, 0) is 9.53 Å². The summed E-state index contributed by atoms with van der Waals surface area (Å²) in [6.45, 7) is 1.48. The van der Waals surface area contributed by atoms with Crippen LogP contribution in [0.1, 0.15) is 45.7 Å². The summed E-state index contributed by atoms with van der Waals surface area (Å²) in [5.74, 6) is 2.13. The van der Waals surface area contributed by atoms with Gasteiger partial charge in [0.15, 0.2) is 6.61 Å². The number of furan rings is 1. The minimum absolute atomic E-state index is 0.277. The number of rotatable bonds is 6. The third-order valence-electron chi connectivity index (χ3n) is 3.93. The van der Waals surface area contributed by atoms with Crippen LogP contribution in [0.15, 0.2) is 47.1 Å². The summed E-state index contributed by atoms with van der Waals surface area (Å²) in [6, 6.07) is 10.7. The lowest BCUT2D eigenvalue weighted by Gasteiger charge is -2.21. The molecule has 1 aromatic carbocycles. The molecule has 3 rings (SSSR count). The van der Waals surface area contributed by atoms with E-state index in [1.807, 2.05) is 35.7 Å². The average Bonchev–Trinajstić information content (AvgIpc) is 3.22. The van der Waals surface area contributed by atoms with Gasteiger partial charge in [0, 0.05) is 0 Å². The number of nitrogens with one attached hydrogen (secondary N) is 1. The van der Waals surface area contributed by atoms with Crippen LogP contribution in [0.4, 0.5) is 0 Å². The van der Waals surface area contributed by atoms with Crippen LogP contribution in [0.5, 0.6) is 0 Å². The first-order valence-electron chi connectivity index (χ1n) is 8.46. The Kier molecular flexibility index (Phi) is 6.68. The Balaban J connectivity index is 1.47. The van der Waals surface area contributed by atoms with E-state index >= 15 is 0 Å². The number of carbonyl (C=O) groups excluding carboxylic acids is 2. The van der Waals surface area contributed by atoms with Crippen LogP contribution in [-0.4, -0.2) is 30.0 Å². The second-order valence-electron chi connectivity index (χ2n) is 5.93. The SMILES string of the molecule is C[C@H](NC(=O)COC(=O)c1ccc(C2SCCCS2)cc1)c1ccco1. The Morgan fingerprint density at radius 3 is 2.62 bits per heavy atom. The van der Waals surface area contributed by atoms with Gasteiger partial charge in [-0.05, 0) is 54.7 Å². The molecule has 1 aliphatic rings. The average molecular weight is 392 g/mol. The molecular weight excluding hydrogens is 370 g/mol. The summed E-state index contributed by atoms with van der Waals surface area (Å²) in [5, 5.41) is 2.73. The Hall–Kier alpha value is -1.86. The number of carbonyl (C=O) groups is 2. The van der Waals surface area contributed by atoms with E-state index in [1.165, 1.54) is 23.5 Å². The monoisotopic (exact) mass is 391 g/mol. The lowest BCUT2D eigenvalue weighted by Crippen LogP contribution is -2.30. The highest BCUT2D eigenvalue weighted by Crippen LogP contribution is 2.43. The van der Waals surface area contributed by atoms with Gasteiger partial charge in [-0.25, -0.2) is 4.79 Å². The maximum absolute atomic E-state index is 12.1. The van der Waals surface area contributed by atoms with Gasteiger partial charge < -0.3 is 14.5 Å². The standard InChI is InChI=1S/C19H21NO4S2/c1-13(16-4-2-9-23-16)20-17(21)12-24-18(22)14-5-7-15(8-6-14)19-25-10-3-11-26-19/h2,4-9,13,19H,3,10-12H2,1H3,(H,20,21)/t13-/m0/s1. The van der Waals surface area contributed by atoms with Gasteiger partial charge in [-0.2, -0.15) is 0 Å². The predicted molar refractivity (Wildman–Crippen MR) is 104 cm³/mol. The quantitative estimate of drug-likeness (QED) is 0.745. The molecule has 0 bridgehead atoms. The third kappa shape index (κ3) is 5.08. The van der Waals surface area contributed by atoms with Crippen molar-refractivity contribution in [2.45, 2.75) is 24.0 Å². The fourth-order valence-electron chi connectivity index (χ4n) is 2.56. The van der Waals surface area contributed by atoms with E-state index in [0.717, 1.165) is 0 Å². The van der Waals surface area contributed by atoms with Crippen LogP contribution in [0, 0.1) is 0 Å². The van der Waals surface area contributed by atoms with Crippen molar-refractivity contribution in [2.24, 2.45) is 0 Å². The Labute approximate surface area is 161 Å². The van der Waals surface area contributed by atoms with Crippen molar-refractivity contribution in [3.63, 3.8) is 0 Å². The lowest BCUT2D eigenvalue weighted by molar-refractivity contribution is -0.125. The Morgan fingerprint density at radius 1 is 1.23 bits per heavy atom. The molecule has 2 heterocycles. The number of ether oxygens (including phenoxy) is 1. The van der Waals surface area contributed by atoms with E-state index < -0.39 is 5.97 Å². The van der Waals surface area contributed by atoms with Crippen LogP contribution >= 0.6 is 23.5 Å². The van der Waals surface area contributed by atoms with Crippen molar-refractivity contribution in [3.8, 4) is 0 Å². The number of hydrogen-bond donors (Lipinski definition) is 1. The molecule has 5 nitrogen and oxygen atoms in total. The second kappa shape index (κ2) is 9.19. The van der Waals surface area contributed by atoms with Gasteiger partial charge in [-0.3, -0.25) is 4.79 Å². The molecule has 2 aromatic rings. The summed E-state index contributed by atoms with van der Waals surface area (Å²) in [4.78, 5) is 24.0. The topological polar surface area (TPSA) is 68.5 Å². The molecule has 1 atom stereocenters. The second-order valence-corrected chi connectivity index (χ2v) is 8.65. The van der Waals surface area contributed by atoms with E-state index in [1.54, 1.807) is 37.5 Å². The molecule has 0 radical (unpaired) electrons. The Bertz CT molecular complexity index is 725. The summed E-state index contributed by atoms with van der Waals surface area (Å²) >= 11 is 3.87. The molecule has 0 aliphatic carbocycles. The van der Waals surface area contributed by atoms with E-state index in [2.05, 4.69) is 5.32 Å². The Morgan fingerprint density at radius 2 is 1.96 bits per heavy atom. The zero-order chi connectivity index (χ0) is 18.4. The van der Waals surface area contributed by atoms with Crippen molar-refractivity contribution in [3.05, 3.63) is 59.5 Å². The molecule has 26 heavy (non-hydrogen) atoms. The van der Waals surface area contributed by atoms with Gasteiger partial charge in [0.1, 0.15) is 5.76 Å². The number of amides is 1. The van der Waals surface area contributed by atoms with E-state index in [-0.39, 0.29) is 18.6 Å². The molecule has 1 saturated heterocycles. The molecule has 1 amide bonds.